The van der Waals surface area contributed by atoms with Crippen molar-refractivity contribution < 1.29 is 14.7 Å². The van der Waals surface area contributed by atoms with Crippen LogP contribution in [0.25, 0.3) is 0 Å². The first-order chi connectivity index (χ1) is 9.06. The van der Waals surface area contributed by atoms with Crippen LogP contribution in [0.2, 0.25) is 0 Å². The highest BCUT2D eigenvalue weighted by atomic mass is 16.4. The minimum Gasteiger partial charge on any atom is -0.480 e. The van der Waals surface area contributed by atoms with Crippen molar-refractivity contribution in [2.75, 3.05) is 0 Å². The summed E-state index contributed by atoms with van der Waals surface area (Å²) in [5, 5.41) is 18.8. The van der Waals surface area contributed by atoms with E-state index in [9.17, 15) is 9.59 Å². The van der Waals surface area contributed by atoms with Crippen molar-refractivity contribution in [1.82, 2.24) is 20.3 Å². The van der Waals surface area contributed by atoms with Gasteiger partial charge in [0.25, 0.3) is 5.91 Å². The van der Waals surface area contributed by atoms with E-state index in [-0.39, 0.29) is 24.2 Å². The minimum absolute atomic E-state index is 0.111. The molecule has 104 valence electrons. The smallest absolute Gasteiger partial charge is 0.325 e. The first kappa shape index (κ1) is 13.5. The number of aromatic nitrogens is 3. The number of amides is 1. The van der Waals surface area contributed by atoms with Crippen molar-refractivity contribution in [2.24, 2.45) is 5.92 Å². The highest BCUT2D eigenvalue weighted by molar-refractivity contribution is 5.92. The topological polar surface area (TPSA) is 97.1 Å². The van der Waals surface area contributed by atoms with Gasteiger partial charge in [0.1, 0.15) is 6.54 Å². The number of nitrogens with one attached hydrogen (secondary N) is 1. The molecule has 0 aliphatic heterocycles. The Labute approximate surface area is 111 Å². The summed E-state index contributed by atoms with van der Waals surface area (Å²) < 4.78 is 1.14. The van der Waals surface area contributed by atoms with Gasteiger partial charge >= 0.3 is 5.97 Å². The quantitative estimate of drug-likeness (QED) is 0.816. The molecule has 0 bridgehead atoms. The summed E-state index contributed by atoms with van der Waals surface area (Å²) in [7, 11) is 0. The summed E-state index contributed by atoms with van der Waals surface area (Å²) in [6.45, 7) is 1.70. The Balaban J connectivity index is 1.91. The SMILES string of the molecule is CC(NC(=O)c1cn(CC(=O)O)nn1)C1CCCC1. The van der Waals surface area contributed by atoms with Crippen molar-refractivity contribution >= 4 is 11.9 Å². The second-order valence-electron chi connectivity index (χ2n) is 5.00. The Morgan fingerprint density at radius 2 is 2.21 bits per heavy atom. The Morgan fingerprint density at radius 1 is 1.53 bits per heavy atom. The molecule has 1 heterocycles. The van der Waals surface area contributed by atoms with Gasteiger partial charge in [-0.3, -0.25) is 9.59 Å². The van der Waals surface area contributed by atoms with Gasteiger partial charge in [-0.25, -0.2) is 4.68 Å². The molecule has 1 aromatic heterocycles. The summed E-state index contributed by atoms with van der Waals surface area (Å²) in [4.78, 5) is 22.4. The molecule has 1 unspecified atom stereocenters. The van der Waals surface area contributed by atoms with Crippen LogP contribution in [-0.2, 0) is 11.3 Å². The number of hydrogen-bond acceptors (Lipinski definition) is 4. The molecule has 1 amide bonds. The van der Waals surface area contributed by atoms with Gasteiger partial charge in [0.15, 0.2) is 5.69 Å². The first-order valence-electron chi connectivity index (χ1n) is 6.49. The summed E-state index contributed by atoms with van der Waals surface area (Å²) in [5.74, 6) is -0.787. The normalized spacial score (nSPS) is 17.3. The minimum atomic E-state index is -1.02. The zero-order chi connectivity index (χ0) is 13.8. The molecule has 1 aliphatic rings. The van der Waals surface area contributed by atoms with Crippen molar-refractivity contribution in [3.63, 3.8) is 0 Å². The van der Waals surface area contributed by atoms with Crippen molar-refractivity contribution in [1.29, 1.82) is 0 Å². The molecule has 0 aromatic carbocycles. The van der Waals surface area contributed by atoms with Crippen LogP contribution >= 0.6 is 0 Å². The number of carbonyl (C=O) groups excluding carboxylic acids is 1. The van der Waals surface area contributed by atoms with Gasteiger partial charge in [-0.05, 0) is 25.7 Å². The van der Waals surface area contributed by atoms with E-state index in [4.69, 9.17) is 5.11 Å². The average Bonchev–Trinajstić information content (AvgIpc) is 2.97. The lowest BCUT2D eigenvalue weighted by atomic mass is 10.00. The first-order valence-corrected chi connectivity index (χ1v) is 6.49. The van der Waals surface area contributed by atoms with Crippen LogP contribution in [0.3, 0.4) is 0 Å². The molecule has 2 rings (SSSR count). The Kier molecular flexibility index (Phi) is 4.13. The van der Waals surface area contributed by atoms with Crippen LogP contribution in [0.5, 0.6) is 0 Å². The molecule has 0 radical (unpaired) electrons. The number of carboxylic acid groups (broad SMARTS) is 1. The standard InChI is InChI=1S/C12H18N4O3/c1-8(9-4-2-3-5-9)13-12(19)10-6-16(15-14-10)7-11(17)18/h6,8-9H,2-5,7H2,1H3,(H,13,19)(H,17,18). The summed E-state index contributed by atoms with van der Waals surface area (Å²) in [6.07, 6.45) is 6.09. The van der Waals surface area contributed by atoms with Gasteiger partial charge < -0.3 is 10.4 Å². The predicted molar refractivity (Wildman–Crippen MR) is 66.5 cm³/mol. The van der Waals surface area contributed by atoms with Crippen LogP contribution in [0.4, 0.5) is 0 Å². The fourth-order valence-corrected chi connectivity index (χ4v) is 2.47. The molecule has 1 atom stereocenters. The molecule has 1 aromatic rings. The molecule has 2 N–H and O–H groups in total. The molecule has 1 fully saturated rings. The second kappa shape index (κ2) is 5.81. The third kappa shape index (κ3) is 3.52. The molecular formula is C12H18N4O3. The van der Waals surface area contributed by atoms with E-state index >= 15 is 0 Å². The van der Waals surface area contributed by atoms with E-state index < -0.39 is 5.97 Å². The van der Waals surface area contributed by atoms with Crippen molar-refractivity contribution in [2.45, 2.75) is 45.2 Å². The summed E-state index contributed by atoms with van der Waals surface area (Å²) in [6, 6.07) is 0.111. The van der Waals surface area contributed by atoms with Gasteiger partial charge in [-0.2, -0.15) is 0 Å². The Hall–Kier alpha value is -1.92. The van der Waals surface area contributed by atoms with E-state index in [0.29, 0.717) is 5.92 Å². The maximum Gasteiger partial charge on any atom is 0.325 e. The zero-order valence-electron chi connectivity index (χ0n) is 10.9. The molecule has 0 saturated heterocycles. The molecule has 0 spiro atoms. The second-order valence-corrected chi connectivity index (χ2v) is 5.00. The molecule has 1 saturated carbocycles. The molecule has 7 nitrogen and oxygen atoms in total. The highest BCUT2D eigenvalue weighted by Gasteiger charge is 2.24. The molecule has 19 heavy (non-hydrogen) atoms. The van der Waals surface area contributed by atoms with E-state index in [1.54, 1.807) is 0 Å². The predicted octanol–water partition coefficient (Wildman–Crippen LogP) is 0.671. The fourth-order valence-electron chi connectivity index (χ4n) is 2.47. The van der Waals surface area contributed by atoms with Gasteiger partial charge in [-0.1, -0.05) is 18.1 Å². The summed E-state index contributed by atoms with van der Waals surface area (Å²) in [5.41, 5.74) is 0.158. The van der Waals surface area contributed by atoms with E-state index in [1.807, 2.05) is 6.92 Å². The summed E-state index contributed by atoms with van der Waals surface area (Å²) >= 11 is 0. The van der Waals surface area contributed by atoms with Crippen LogP contribution in [0.15, 0.2) is 6.20 Å². The van der Waals surface area contributed by atoms with Gasteiger partial charge in [0.2, 0.25) is 0 Å². The van der Waals surface area contributed by atoms with Crippen LogP contribution < -0.4 is 5.32 Å². The maximum absolute atomic E-state index is 11.9. The van der Waals surface area contributed by atoms with Gasteiger partial charge in [0, 0.05) is 6.04 Å². The van der Waals surface area contributed by atoms with Gasteiger partial charge in [-0.15, -0.1) is 5.10 Å². The average molecular weight is 266 g/mol. The monoisotopic (exact) mass is 266 g/mol. The Bertz CT molecular complexity index is 465. The number of aliphatic carboxylic acids is 1. The maximum atomic E-state index is 11.9. The lowest BCUT2D eigenvalue weighted by Gasteiger charge is -2.19. The van der Waals surface area contributed by atoms with E-state index in [2.05, 4.69) is 15.6 Å². The van der Waals surface area contributed by atoms with E-state index in [1.165, 1.54) is 19.0 Å². The zero-order valence-corrected chi connectivity index (χ0v) is 10.9. The van der Waals surface area contributed by atoms with Crippen LogP contribution in [-0.4, -0.2) is 38.0 Å². The highest BCUT2D eigenvalue weighted by Crippen LogP contribution is 2.27. The number of nitrogens with zero attached hydrogens (tertiary/aromatic N) is 3. The number of carbonyl (C=O) groups is 2. The van der Waals surface area contributed by atoms with Gasteiger partial charge in [0.05, 0.1) is 6.20 Å². The fraction of sp³-hybridized carbons (Fsp3) is 0.667. The third-order valence-corrected chi connectivity index (χ3v) is 3.53. The van der Waals surface area contributed by atoms with Crippen LogP contribution in [0, 0.1) is 5.92 Å². The number of hydrogen-bond donors (Lipinski definition) is 2. The van der Waals surface area contributed by atoms with Crippen LogP contribution in [0.1, 0.15) is 43.1 Å². The molecule has 1 aliphatic carbocycles. The lowest BCUT2D eigenvalue weighted by Crippen LogP contribution is -2.37. The van der Waals surface area contributed by atoms with E-state index in [0.717, 1.165) is 17.5 Å². The lowest BCUT2D eigenvalue weighted by molar-refractivity contribution is -0.137. The van der Waals surface area contributed by atoms with Crippen molar-refractivity contribution in [3.05, 3.63) is 11.9 Å². The largest absolute Gasteiger partial charge is 0.480 e. The third-order valence-electron chi connectivity index (χ3n) is 3.53. The molecular weight excluding hydrogens is 248 g/mol. The van der Waals surface area contributed by atoms with Crippen molar-refractivity contribution in [3.8, 4) is 0 Å². The number of carboxylic acids is 1. The molecule has 7 heteroatoms. The number of rotatable bonds is 5. The Morgan fingerprint density at radius 3 is 2.84 bits per heavy atom.